The molecular weight excluding hydrogens is 218 g/mol. The highest BCUT2D eigenvalue weighted by Gasteiger charge is 2.09. The number of aliphatic hydroxyl groups is 1. The molecule has 2 N–H and O–H groups in total. The van der Waals surface area contributed by atoms with Crippen LogP contribution >= 0.6 is 0 Å². The fourth-order valence-corrected chi connectivity index (χ4v) is 2.01. The first-order chi connectivity index (χ1) is 8.38. The van der Waals surface area contributed by atoms with Crippen LogP contribution in [-0.2, 0) is 13.1 Å². The van der Waals surface area contributed by atoms with E-state index >= 15 is 0 Å². The van der Waals surface area contributed by atoms with Crippen molar-refractivity contribution in [1.82, 2.24) is 25.4 Å². The van der Waals surface area contributed by atoms with E-state index in [0.29, 0.717) is 0 Å². The van der Waals surface area contributed by atoms with E-state index in [1.54, 1.807) is 4.68 Å². The van der Waals surface area contributed by atoms with Crippen LogP contribution in [0.5, 0.6) is 0 Å². The highest BCUT2D eigenvalue weighted by Crippen LogP contribution is 2.06. The van der Waals surface area contributed by atoms with Gasteiger partial charge < -0.3 is 5.11 Å². The monoisotopic (exact) mass is 239 g/mol. The summed E-state index contributed by atoms with van der Waals surface area (Å²) in [5, 5.41) is 19.1. The number of rotatable bonds is 6. The van der Waals surface area contributed by atoms with Crippen molar-refractivity contribution in [2.75, 3.05) is 19.7 Å². The number of nitrogens with one attached hydrogen (secondary N) is 1. The molecule has 0 amide bonds. The highest BCUT2D eigenvalue weighted by molar-refractivity contribution is 4.91. The lowest BCUT2D eigenvalue weighted by Gasteiger charge is -2.26. The summed E-state index contributed by atoms with van der Waals surface area (Å²) in [5.74, 6) is 0. The van der Waals surface area contributed by atoms with Gasteiger partial charge in [-0.25, -0.2) is 10.4 Å². The van der Waals surface area contributed by atoms with Crippen LogP contribution in [0.2, 0.25) is 0 Å². The van der Waals surface area contributed by atoms with Gasteiger partial charge in [-0.05, 0) is 19.3 Å². The second-order valence-corrected chi connectivity index (χ2v) is 4.43. The number of piperidine rings is 1. The Kier molecular flexibility index (Phi) is 4.90. The van der Waals surface area contributed by atoms with E-state index in [1.165, 1.54) is 19.3 Å². The van der Waals surface area contributed by atoms with Crippen molar-refractivity contribution in [3.8, 4) is 0 Å². The highest BCUT2D eigenvalue weighted by atomic mass is 16.3. The van der Waals surface area contributed by atoms with Gasteiger partial charge in [-0.1, -0.05) is 11.6 Å². The normalized spacial score (nSPS) is 17.5. The Hall–Kier alpha value is -0.980. The number of hydrogen-bond acceptors (Lipinski definition) is 5. The molecule has 1 fully saturated rings. The molecule has 1 aromatic heterocycles. The van der Waals surface area contributed by atoms with Gasteiger partial charge in [0.1, 0.15) is 0 Å². The van der Waals surface area contributed by atoms with Crippen molar-refractivity contribution >= 4 is 0 Å². The Morgan fingerprint density at radius 1 is 1.29 bits per heavy atom. The van der Waals surface area contributed by atoms with E-state index in [9.17, 15) is 0 Å². The molecule has 0 atom stereocenters. The van der Waals surface area contributed by atoms with E-state index in [1.807, 2.05) is 6.20 Å². The number of hydrogen-bond donors (Lipinski definition) is 2. The van der Waals surface area contributed by atoms with Gasteiger partial charge in [0.15, 0.2) is 0 Å². The molecule has 6 nitrogen and oxygen atoms in total. The van der Waals surface area contributed by atoms with Crippen molar-refractivity contribution < 1.29 is 5.11 Å². The zero-order valence-electron chi connectivity index (χ0n) is 10.2. The van der Waals surface area contributed by atoms with E-state index in [0.717, 1.165) is 38.3 Å². The quantitative estimate of drug-likeness (QED) is 0.740. The van der Waals surface area contributed by atoms with E-state index < -0.39 is 0 Å². The van der Waals surface area contributed by atoms with Gasteiger partial charge in [0.05, 0.1) is 12.2 Å². The van der Waals surface area contributed by atoms with Crippen molar-refractivity contribution in [2.24, 2.45) is 0 Å². The van der Waals surface area contributed by atoms with Gasteiger partial charge in [0.25, 0.3) is 0 Å². The second kappa shape index (κ2) is 6.68. The largest absolute Gasteiger partial charge is 0.396 e. The summed E-state index contributed by atoms with van der Waals surface area (Å²) >= 11 is 0. The van der Waals surface area contributed by atoms with Crippen LogP contribution in [0.4, 0.5) is 0 Å². The van der Waals surface area contributed by atoms with Gasteiger partial charge in [0.2, 0.25) is 0 Å². The first kappa shape index (κ1) is 12.5. The summed E-state index contributed by atoms with van der Waals surface area (Å²) in [6.07, 6.45) is 6.55. The third kappa shape index (κ3) is 4.07. The van der Waals surface area contributed by atoms with Crippen LogP contribution in [0.15, 0.2) is 6.20 Å². The molecule has 1 aliphatic heterocycles. The zero-order valence-corrected chi connectivity index (χ0v) is 10.2. The van der Waals surface area contributed by atoms with Gasteiger partial charge in [-0.15, -0.1) is 5.10 Å². The average Bonchev–Trinajstić information content (AvgIpc) is 2.83. The van der Waals surface area contributed by atoms with Gasteiger partial charge >= 0.3 is 0 Å². The standard InChI is InChI=1S/C11H21N5O/c17-8-4-7-16-10-11(13-14-16)9-12-15-5-2-1-3-6-15/h10,12,17H,1-9H2. The minimum absolute atomic E-state index is 0.196. The van der Waals surface area contributed by atoms with Crippen LogP contribution in [0.1, 0.15) is 31.4 Å². The molecule has 2 rings (SSSR count). The maximum atomic E-state index is 8.73. The predicted molar refractivity (Wildman–Crippen MR) is 64.0 cm³/mol. The number of aryl methyl sites for hydroxylation is 1. The molecule has 1 aliphatic rings. The van der Waals surface area contributed by atoms with E-state index in [-0.39, 0.29) is 6.61 Å². The number of aliphatic hydroxyl groups excluding tert-OH is 1. The average molecular weight is 239 g/mol. The molecule has 0 aromatic carbocycles. The van der Waals surface area contributed by atoms with Crippen molar-refractivity contribution in [3.05, 3.63) is 11.9 Å². The summed E-state index contributed by atoms with van der Waals surface area (Å²) in [6, 6.07) is 0. The Morgan fingerprint density at radius 3 is 2.88 bits per heavy atom. The van der Waals surface area contributed by atoms with Gasteiger partial charge in [-0.3, -0.25) is 4.68 Å². The third-order valence-electron chi connectivity index (χ3n) is 2.97. The topological polar surface area (TPSA) is 66.2 Å². The maximum Gasteiger partial charge on any atom is 0.0979 e. The van der Waals surface area contributed by atoms with Crippen molar-refractivity contribution in [3.63, 3.8) is 0 Å². The number of hydrazine groups is 1. The number of aromatic nitrogens is 3. The third-order valence-corrected chi connectivity index (χ3v) is 2.97. The lowest BCUT2D eigenvalue weighted by atomic mass is 10.2. The number of nitrogens with zero attached hydrogens (tertiary/aromatic N) is 4. The molecule has 6 heteroatoms. The molecule has 1 saturated heterocycles. The Morgan fingerprint density at radius 2 is 2.12 bits per heavy atom. The molecule has 0 spiro atoms. The van der Waals surface area contributed by atoms with Crippen LogP contribution < -0.4 is 5.43 Å². The Bertz CT molecular complexity index is 321. The smallest absolute Gasteiger partial charge is 0.0979 e. The Labute approximate surface area is 102 Å². The second-order valence-electron chi connectivity index (χ2n) is 4.43. The summed E-state index contributed by atoms with van der Waals surface area (Å²) in [4.78, 5) is 0. The molecule has 0 unspecified atom stereocenters. The molecule has 0 radical (unpaired) electrons. The van der Waals surface area contributed by atoms with Crippen molar-refractivity contribution in [2.45, 2.75) is 38.8 Å². The van der Waals surface area contributed by atoms with Crippen LogP contribution in [0.3, 0.4) is 0 Å². The van der Waals surface area contributed by atoms with Crippen LogP contribution in [0, 0.1) is 0 Å². The maximum absolute atomic E-state index is 8.73. The van der Waals surface area contributed by atoms with Gasteiger partial charge in [0, 0.05) is 32.4 Å². The molecule has 0 bridgehead atoms. The molecule has 0 aliphatic carbocycles. The summed E-state index contributed by atoms with van der Waals surface area (Å²) in [5.41, 5.74) is 4.33. The lowest BCUT2D eigenvalue weighted by molar-refractivity contribution is 0.150. The molecule has 0 saturated carbocycles. The summed E-state index contributed by atoms with van der Waals surface area (Å²) < 4.78 is 1.78. The zero-order chi connectivity index (χ0) is 11.9. The minimum atomic E-state index is 0.196. The molecule has 17 heavy (non-hydrogen) atoms. The fourth-order valence-electron chi connectivity index (χ4n) is 2.01. The lowest BCUT2D eigenvalue weighted by Crippen LogP contribution is -2.41. The van der Waals surface area contributed by atoms with E-state index in [4.69, 9.17) is 5.11 Å². The van der Waals surface area contributed by atoms with E-state index in [2.05, 4.69) is 20.7 Å². The summed E-state index contributed by atoms with van der Waals surface area (Å²) in [6.45, 7) is 3.91. The van der Waals surface area contributed by atoms with Crippen LogP contribution in [-0.4, -0.2) is 44.8 Å². The molecular formula is C11H21N5O. The SMILES string of the molecule is OCCCn1cc(CNN2CCCCC2)nn1. The van der Waals surface area contributed by atoms with Gasteiger partial charge in [-0.2, -0.15) is 0 Å². The Balaban J connectivity index is 1.72. The predicted octanol–water partition coefficient (Wildman–Crippen LogP) is 0.151. The fraction of sp³-hybridized carbons (Fsp3) is 0.818. The van der Waals surface area contributed by atoms with Crippen LogP contribution in [0.25, 0.3) is 0 Å². The first-order valence-electron chi connectivity index (χ1n) is 6.37. The first-order valence-corrected chi connectivity index (χ1v) is 6.37. The van der Waals surface area contributed by atoms with Crippen molar-refractivity contribution in [1.29, 1.82) is 0 Å². The minimum Gasteiger partial charge on any atom is -0.396 e. The molecule has 1 aromatic rings. The molecule has 2 heterocycles. The summed E-state index contributed by atoms with van der Waals surface area (Å²) in [7, 11) is 0. The molecule has 96 valence electrons.